The summed E-state index contributed by atoms with van der Waals surface area (Å²) in [6, 6.07) is 0. The number of carbonyl (C=O) groups excluding carboxylic acids is 3. The van der Waals surface area contributed by atoms with Crippen LogP contribution in [0.4, 0.5) is 0 Å². The Labute approximate surface area is 383 Å². The predicted octanol–water partition coefficient (Wildman–Crippen LogP) is 13.3. The molecule has 2 unspecified atom stereocenters. The van der Waals surface area contributed by atoms with Gasteiger partial charge in [-0.25, -0.2) is 0 Å². The van der Waals surface area contributed by atoms with Gasteiger partial charge in [-0.2, -0.15) is 0 Å². The number of carbonyl (C=O) groups is 3. The first-order chi connectivity index (χ1) is 30.1. The molecule has 0 rings (SSSR count). The highest BCUT2D eigenvalue weighted by Gasteiger charge is 2.22. The maximum absolute atomic E-state index is 12.8. The highest BCUT2D eigenvalue weighted by molar-refractivity contribution is 5.70. The zero-order valence-corrected chi connectivity index (χ0v) is 41.5. The van der Waals surface area contributed by atoms with E-state index in [9.17, 15) is 19.5 Å². The lowest BCUT2D eigenvalue weighted by atomic mass is 10.0. The van der Waals surface area contributed by atoms with Crippen LogP contribution in [0.25, 0.3) is 0 Å². The number of hydrogen-bond donors (Lipinski definition) is 0. The van der Waals surface area contributed by atoms with Gasteiger partial charge in [-0.05, 0) is 38.5 Å². The SMILES string of the molecule is CCCCCCCCCC/C=C\CCCCCCCCCCCCCC(=O)OC(COC(=O)CCCCCCCCCCCCCCCC)COC(OCC[N+](C)(C)C)C(=O)[O-]. The Bertz CT molecular complexity index is 1030. The van der Waals surface area contributed by atoms with Crippen LogP contribution in [0.1, 0.15) is 251 Å². The third kappa shape index (κ3) is 46.0. The topological polar surface area (TPSA) is 111 Å². The van der Waals surface area contributed by atoms with Gasteiger partial charge in [0.25, 0.3) is 0 Å². The summed E-state index contributed by atoms with van der Waals surface area (Å²) in [5, 5.41) is 11.7. The van der Waals surface area contributed by atoms with Crippen molar-refractivity contribution in [3.05, 3.63) is 12.2 Å². The Balaban J connectivity index is 4.25. The number of ether oxygens (including phenoxy) is 4. The summed E-state index contributed by atoms with van der Waals surface area (Å²) < 4.78 is 22.6. The summed E-state index contributed by atoms with van der Waals surface area (Å²) in [7, 11) is 5.92. The molecule has 0 radical (unpaired) electrons. The number of carboxylic acid groups (broad SMARTS) is 1. The molecule has 0 bridgehead atoms. The van der Waals surface area contributed by atoms with Crippen molar-refractivity contribution >= 4 is 17.9 Å². The van der Waals surface area contributed by atoms with E-state index in [1.54, 1.807) is 0 Å². The molecule has 9 heteroatoms. The van der Waals surface area contributed by atoms with E-state index in [1.807, 2.05) is 21.1 Å². The minimum atomic E-state index is -1.62. The van der Waals surface area contributed by atoms with Crippen molar-refractivity contribution in [1.29, 1.82) is 0 Å². The zero-order chi connectivity index (χ0) is 45.6. The number of aliphatic carboxylic acids is 1. The first-order valence-corrected chi connectivity index (χ1v) is 26.3. The summed E-state index contributed by atoms with van der Waals surface area (Å²) >= 11 is 0. The second-order valence-corrected chi connectivity index (χ2v) is 19.2. The van der Waals surface area contributed by atoms with Crippen molar-refractivity contribution in [2.45, 2.75) is 264 Å². The summed E-state index contributed by atoms with van der Waals surface area (Å²) in [4.78, 5) is 37.1. The van der Waals surface area contributed by atoms with Gasteiger partial charge >= 0.3 is 11.9 Å². The van der Waals surface area contributed by atoms with Gasteiger partial charge in [0.05, 0.1) is 40.3 Å². The van der Waals surface area contributed by atoms with E-state index >= 15 is 0 Å². The molecule has 0 aromatic carbocycles. The minimum absolute atomic E-state index is 0.151. The monoisotopic (exact) mass is 880 g/mol. The van der Waals surface area contributed by atoms with Crippen LogP contribution < -0.4 is 5.11 Å². The second-order valence-electron chi connectivity index (χ2n) is 19.2. The normalized spacial score (nSPS) is 12.9. The number of esters is 2. The Morgan fingerprint density at radius 3 is 1.19 bits per heavy atom. The number of allylic oxidation sites excluding steroid dienone is 2. The number of carboxylic acids is 1. The fraction of sp³-hybridized carbons (Fsp3) is 0.906. The van der Waals surface area contributed by atoms with E-state index in [0.717, 1.165) is 32.1 Å². The maximum Gasteiger partial charge on any atom is 0.306 e. The second kappa shape index (κ2) is 45.6. The van der Waals surface area contributed by atoms with Crippen molar-refractivity contribution in [1.82, 2.24) is 0 Å². The van der Waals surface area contributed by atoms with Crippen LogP contribution in [-0.2, 0) is 33.3 Å². The summed E-state index contributed by atoms with van der Waals surface area (Å²) in [5.41, 5.74) is 0. The molecule has 366 valence electrons. The predicted molar refractivity (Wildman–Crippen MR) is 256 cm³/mol. The first kappa shape index (κ1) is 60.0. The van der Waals surface area contributed by atoms with Gasteiger partial charge in [0.15, 0.2) is 12.4 Å². The van der Waals surface area contributed by atoms with Crippen LogP contribution >= 0.6 is 0 Å². The van der Waals surface area contributed by atoms with E-state index in [-0.39, 0.29) is 32.2 Å². The number of quaternary nitrogens is 1. The lowest BCUT2D eigenvalue weighted by Crippen LogP contribution is -2.44. The highest BCUT2D eigenvalue weighted by atomic mass is 16.7. The Kier molecular flexibility index (Phi) is 44.1. The Morgan fingerprint density at radius 1 is 0.468 bits per heavy atom. The average Bonchev–Trinajstić information content (AvgIpc) is 3.23. The number of hydrogen-bond acceptors (Lipinski definition) is 8. The van der Waals surface area contributed by atoms with Gasteiger partial charge in [0.1, 0.15) is 13.2 Å². The fourth-order valence-corrected chi connectivity index (χ4v) is 7.65. The third-order valence-electron chi connectivity index (χ3n) is 11.8. The van der Waals surface area contributed by atoms with E-state index in [1.165, 1.54) is 186 Å². The van der Waals surface area contributed by atoms with Crippen LogP contribution in [0.5, 0.6) is 0 Å². The molecular formula is C53H101NO8. The van der Waals surface area contributed by atoms with Crippen molar-refractivity contribution in [2.75, 3.05) is 47.5 Å². The first-order valence-electron chi connectivity index (χ1n) is 26.3. The van der Waals surface area contributed by atoms with Crippen LogP contribution in [0.3, 0.4) is 0 Å². The van der Waals surface area contributed by atoms with Gasteiger partial charge in [-0.1, -0.05) is 212 Å². The Hall–Kier alpha value is -1.97. The molecule has 0 N–H and O–H groups in total. The number of nitrogens with zero attached hydrogens (tertiary/aromatic N) is 1. The summed E-state index contributed by atoms with van der Waals surface area (Å²) in [6.07, 6.45) is 46.7. The zero-order valence-electron chi connectivity index (χ0n) is 41.5. The van der Waals surface area contributed by atoms with Crippen LogP contribution in [0.15, 0.2) is 12.2 Å². The smallest absolute Gasteiger partial charge is 0.306 e. The van der Waals surface area contributed by atoms with Crippen molar-refractivity contribution in [2.24, 2.45) is 0 Å². The van der Waals surface area contributed by atoms with Crippen molar-refractivity contribution in [3.63, 3.8) is 0 Å². The maximum atomic E-state index is 12.8. The van der Waals surface area contributed by atoms with E-state index in [0.29, 0.717) is 23.9 Å². The van der Waals surface area contributed by atoms with Crippen LogP contribution in [-0.4, -0.2) is 82.3 Å². The lowest BCUT2D eigenvalue weighted by Gasteiger charge is -2.26. The quantitative estimate of drug-likeness (QED) is 0.0195. The molecule has 0 heterocycles. The van der Waals surface area contributed by atoms with E-state index < -0.39 is 24.3 Å². The molecule has 0 saturated heterocycles. The standard InChI is InChI=1S/C53H101NO8/c1-6-8-10-12-14-16-18-20-22-23-24-25-26-27-28-29-30-32-34-36-38-40-42-44-51(56)62-49(48-61-53(52(57)58)59-46-45-54(3,4)5)47-60-50(55)43-41-39-37-35-33-31-21-19-17-15-13-11-9-7-2/h23-24,49,53H,6-22,25-48H2,1-5H3/b24-23-. The van der Waals surface area contributed by atoms with E-state index in [2.05, 4.69) is 26.0 Å². The molecule has 0 aliphatic rings. The van der Waals surface area contributed by atoms with Gasteiger partial charge in [-0.15, -0.1) is 0 Å². The molecule has 0 aromatic heterocycles. The minimum Gasteiger partial charge on any atom is -0.545 e. The van der Waals surface area contributed by atoms with Crippen LogP contribution in [0.2, 0.25) is 0 Å². The van der Waals surface area contributed by atoms with Gasteiger partial charge in [-0.3, -0.25) is 9.59 Å². The fourth-order valence-electron chi connectivity index (χ4n) is 7.65. The summed E-state index contributed by atoms with van der Waals surface area (Å²) in [5.74, 6) is -2.27. The molecule has 0 amide bonds. The average molecular weight is 880 g/mol. The summed E-state index contributed by atoms with van der Waals surface area (Å²) in [6.45, 7) is 4.78. The van der Waals surface area contributed by atoms with Gasteiger partial charge in [0, 0.05) is 12.8 Å². The third-order valence-corrected chi connectivity index (χ3v) is 11.8. The molecule has 0 fully saturated rings. The molecule has 9 nitrogen and oxygen atoms in total. The van der Waals surface area contributed by atoms with Gasteiger partial charge in [0.2, 0.25) is 0 Å². The lowest BCUT2D eigenvalue weighted by molar-refractivity contribution is -0.870. The van der Waals surface area contributed by atoms with E-state index in [4.69, 9.17) is 18.9 Å². The largest absolute Gasteiger partial charge is 0.545 e. The number of unbranched alkanes of at least 4 members (excludes halogenated alkanes) is 32. The van der Waals surface area contributed by atoms with Crippen molar-refractivity contribution < 1.29 is 42.9 Å². The highest BCUT2D eigenvalue weighted by Crippen LogP contribution is 2.16. The molecule has 0 spiro atoms. The molecule has 2 atom stereocenters. The molecule has 0 saturated carbocycles. The van der Waals surface area contributed by atoms with Crippen LogP contribution in [0, 0.1) is 0 Å². The number of rotatable bonds is 49. The van der Waals surface area contributed by atoms with Gasteiger partial charge < -0.3 is 33.3 Å². The molecule has 0 aliphatic carbocycles. The Morgan fingerprint density at radius 2 is 0.823 bits per heavy atom. The van der Waals surface area contributed by atoms with Crippen molar-refractivity contribution in [3.8, 4) is 0 Å². The molecule has 0 aromatic rings. The molecule has 0 aliphatic heterocycles. The molecule has 62 heavy (non-hydrogen) atoms. The number of likely N-dealkylation sites (N-methyl/N-ethyl adjacent to an activating group) is 1. The molecular weight excluding hydrogens is 779 g/mol.